The molecular formula is C13H6BrClFNO4. The standard InChI is InChI=1S/C13H6BrClFNO4/c14-9-4-11(17(19)20)13(5-10(9)16)21-12-2-1-8(15)3-7(12)6-18/h1-6H. The van der Waals surface area contributed by atoms with Crippen LogP contribution in [0.5, 0.6) is 11.5 Å². The van der Waals surface area contributed by atoms with E-state index >= 15 is 0 Å². The summed E-state index contributed by atoms with van der Waals surface area (Å²) in [6.07, 6.45) is 0.488. The first-order valence-electron chi connectivity index (χ1n) is 5.48. The zero-order chi connectivity index (χ0) is 15.6. The van der Waals surface area contributed by atoms with Crippen LogP contribution in [0.1, 0.15) is 10.4 Å². The topological polar surface area (TPSA) is 69.4 Å². The van der Waals surface area contributed by atoms with Crippen LogP contribution in [0.2, 0.25) is 5.02 Å². The van der Waals surface area contributed by atoms with Crippen molar-refractivity contribution in [3.63, 3.8) is 0 Å². The Hall–Kier alpha value is -1.99. The number of hydrogen-bond acceptors (Lipinski definition) is 4. The first-order valence-corrected chi connectivity index (χ1v) is 6.65. The maximum atomic E-state index is 13.5. The van der Waals surface area contributed by atoms with Crippen LogP contribution in [0.3, 0.4) is 0 Å². The van der Waals surface area contributed by atoms with Gasteiger partial charge in [0.1, 0.15) is 11.6 Å². The third-order valence-electron chi connectivity index (χ3n) is 2.52. The summed E-state index contributed by atoms with van der Waals surface area (Å²) < 4.78 is 18.8. The first kappa shape index (κ1) is 15.4. The molecule has 0 N–H and O–H groups in total. The van der Waals surface area contributed by atoms with Crippen molar-refractivity contribution >= 4 is 39.5 Å². The highest BCUT2D eigenvalue weighted by molar-refractivity contribution is 9.10. The van der Waals surface area contributed by atoms with Crippen LogP contribution in [-0.2, 0) is 0 Å². The van der Waals surface area contributed by atoms with Crippen LogP contribution in [0.15, 0.2) is 34.8 Å². The minimum absolute atomic E-state index is 0.0409. The third kappa shape index (κ3) is 3.37. The van der Waals surface area contributed by atoms with Crippen molar-refractivity contribution in [3.05, 3.63) is 61.3 Å². The highest BCUT2D eigenvalue weighted by Gasteiger charge is 2.20. The number of hydrogen-bond donors (Lipinski definition) is 0. The molecule has 2 aromatic carbocycles. The molecule has 2 aromatic rings. The second-order valence-electron chi connectivity index (χ2n) is 3.89. The minimum Gasteiger partial charge on any atom is -0.449 e. The summed E-state index contributed by atoms with van der Waals surface area (Å²) in [5.41, 5.74) is -0.338. The van der Waals surface area contributed by atoms with Gasteiger partial charge in [-0.15, -0.1) is 0 Å². The van der Waals surface area contributed by atoms with E-state index in [2.05, 4.69) is 15.9 Å². The molecule has 21 heavy (non-hydrogen) atoms. The van der Waals surface area contributed by atoms with E-state index in [0.29, 0.717) is 11.3 Å². The number of benzene rings is 2. The van der Waals surface area contributed by atoms with Gasteiger partial charge in [0.15, 0.2) is 6.29 Å². The van der Waals surface area contributed by atoms with Crippen molar-refractivity contribution in [1.82, 2.24) is 0 Å². The van der Waals surface area contributed by atoms with E-state index in [1.165, 1.54) is 18.2 Å². The van der Waals surface area contributed by atoms with Gasteiger partial charge in [-0.3, -0.25) is 14.9 Å². The van der Waals surface area contributed by atoms with Crippen LogP contribution in [-0.4, -0.2) is 11.2 Å². The number of aldehydes is 1. The molecule has 0 atom stereocenters. The van der Waals surface area contributed by atoms with Crippen molar-refractivity contribution in [2.75, 3.05) is 0 Å². The summed E-state index contributed by atoms with van der Waals surface area (Å²) in [4.78, 5) is 21.2. The molecule has 8 heteroatoms. The lowest BCUT2D eigenvalue weighted by Crippen LogP contribution is -1.97. The Balaban J connectivity index is 2.51. The number of nitrogens with zero attached hydrogens (tertiary/aromatic N) is 1. The molecule has 2 rings (SSSR count). The maximum absolute atomic E-state index is 13.5. The highest BCUT2D eigenvalue weighted by atomic mass is 79.9. The summed E-state index contributed by atoms with van der Waals surface area (Å²) in [5, 5.41) is 11.3. The van der Waals surface area contributed by atoms with Crippen LogP contribution in [0, 0.1) is 15.9 Å². The lowest BCUT2D eigenvalue weighted by Gasteiger charge is -2.09. The predicted octanol–water partition coefficient (Wildman–Crippen LogP) is 4.75. The van der Waals surface area contributed by atoms with Gasteiger partial charge in [-0.25, -0.2) is 4.39 Å². The van der Waals surface area contributed by atoms with Gasteiger partial charge in [-0.05, 0) is 34.1 Å². The average Bonchev–Trinajstić information content (AvgIpc) is 2.44. The van der Waals surface area contributed by atoms with Gasteiger partial charge in [-0.1, -0.05) is 11.6 Å². The van der Waals surface area contributed by atoms with Gasteiger partial charge >= 0.3 is 5.69 Å². The minimum atomic E-state index is -0.725. The number of halogens is 3. The predicted molar refractivity (Wildman–Crippen MR) is 77.7 cm³/mol. The number of carbonyl (C=O) groups is 1. The van der Waals surface area contributed by atoms with Crippen molar-refractivity contribution in [3.8, 4) is 11.5 Å². The zero-order valence-electron chi connectivity index (χ0n) is 10.2. The number of nitro groups is 1. The fourth-order valence-corrected chi connectivity index (χ4v) is 2.08. The molecule has 0 unspecified atom stereocenters. The molecule has 0 amide bonds. The molecule has 0 bridgehead atoms. The van der Waals surface area contributed by atoms with Crippen molar-refractivity contribution in [2.45, 2.75) is 0 Å². The highest BCUT2D eigenvalue weighted by Crippen LogP contribution is 2.36. The molecule has 0 aliphatic heterocycles. The normalized spacial score (nSPS) is 10.2. The smallest absolute Gasteiger partial charge is 0.312 e. The number of nitro benzene ring substituents is 1. The molecule has 0 aromatic heterocycles. The molecule has 108 valence electrons. The fraction of sp³-hybridized carbons (Fsp3) is 0. The van der Waals surface area contributed by atoms with Gasteiger partial charge < -0.3 is 4.74 Å². The molecule has 0 radical (unpaired) electrons. The molecule has 0 heterocycles. The number of carbonyl (C=O) groups excluding carboxylic acids is 1. The van der Waals surface area contributed by atoms with E-state index in [0.717, 1.165) is 12.1 Å². The van der Waals surface area contributed by atoms with Gasteiger partial charge in [0.05, 0.1) is 15.0 Å². The molecule has 0 saturated carbocycles. The molecule has 0 saturated heterocycles. The van der Waals surface area contributed by atoms with E-state index in [1.54, 1.807) is 0 Å². The fourth-order valence-electron chi connectivity index (χ4n) is 1.57. The molecule has 0 fully saturated rings. The largest absolute Gasteiger partial charge is 0.449 e. The van der Waals surface area contributed by atoms with Crippen LogP contribution in [0.25, 0.3) is 0 Å². The molecule has 0 aliphatic carbocycles. The number of ether oxygens (including phenoxy) is 1. The van der Waals surface area contributed by atoms with Gasteiger partial charge in [0, 0.05) is 17.2 Å². The second kappa shape index (κ2) is 6.19. The Morgan fingerprint density at radius 3 is 2.62 bits per heavy atom. The summed E-state index contributed by atoms with van der Waals surface area (Å²) in [5.74, 6) is -0.998. The Kier molecular flexibility index (Phi) is 4.54. The number of rotatable bonds is 4. The third-order valence-corrected chi connectivity index (χ3v) is 3.36. The monoisotopic (exact) mass is 373 g/mol. The zero-order valence-corrected chi connectivity index (χ0v) is 12.5. The van der Waals surface area contributed by atoms with Crippen LogP contribution < -0.4 is 4.74 Å². The lowest BCUT2D eigenvalue weighted by molar-refractivity contribution is -0.385. The van der Waals surface area contributed by atoms with Gasteiger partial charge in [0.25, 0.3) is 0 Å². The molecule has 0 aliphatic rings. The van der Waals surface area contributed by atoms with E-state index < -0.39 is 16.4 Å². The van der Waals surface area contributed by atoms with Gasteiger partial charge in [0.2, 0.25) is 5.75 Å². The molecule has 0 spiro atoms. The van der Waals surface area contributed by atoms with Gasteiger partial charge in [-0.2, -0.15) is 0 Å². The van der Waals surface area contributed by atoms with Crippen molar-refractivity contribution in [1.29, 1.82) is 0 Å². The second-order valence-corrected chi connectivity index (χ2v) is 5.18. The van der Waals surface area contributed by atoms with E-state index in [-0.39, 0.29) is 21.5 Å². The van der Waals surface area contributed by atoms with Crippen molar-refractivity contribution in [2.24, 2.45) is 0 Å². The molecular weight excluding hydrogens is 369 g/mol. The van der Waals surface area contributed by atoms with E-state index in [1.807, 2.05) is 0 Å². The Bertz CT molecular complexity index is 738. The maximum Gasteiger partial charge on any atom is 0.312 e. The summed E-state index contributed by atoms with van der Waals surface area (Å²) in [7, 11) is 0. The SMILES string of the molecule is O=Cc1cc(Cl)ccc1Oc1cc(F)c(Br)cc1[N+](=O)[O-]. The Morgan fingerprint density at radius 1 is 1.29 bits per heavy atom. The van der Waals surface area contributed by atoms with Crippen LogP contribution >= 0.6 is 27.5 Å². The quantitative estimate of drug-likeness (QED) is 0.440. The summed E-state index contributed by atoms with van der Waals surface area (Å²) in [6, 6.07) is 6.01. The van der Waals surface area contributed by atoms with E-state index in [4.69, 9.17) is 16.3 Å². The Labute approximate surface area is 131 Å². The average molecular weight is 375 g/mol. The molecule has 5 nitrogen and oxygen atoms in total. The van der Waals surface area contributed by atoms with Crippen molar-refractivity contribution < 1.29 is 18.8 Å². The van der Waals surface area contributed by atoms with Crippen LogP contribution in [0.4, 0.5) is 10.1 Å². The lowest BCUT2D eigenvalue weighted by atomic mass is 10.2. The Morgan fingerprint density at radius 2 is 2.00 bits per heavy atom. The summed E-state index contributed by atoms with van der Waals surface area (Å²) >= 11 is 8.60. The van der Waals surface area contributed by atoms with E-state index in [9.17, 15) is 19.3 Å². The summed E-state index contributed by atoms with van der Waals surface area (Å²) in [6.45, 7) is 0. The first-order chi connectivity index (χ1) is 9.92.